The second kappa shape index (κ2) is 8.08. The van der Waals surface area contributed by atoms with Crippen LogP contribution in [0.4, 0.5) is 0 Å². The van der Waals surface area contributed by atoms with Crippen LogP contribution in [0, 0.1) is 12.8 Å². The minimum atomic E-state index is -0.451. The molecule has 1 atom stereocenters. The first kappa shape index (κ1) is 21.9. The highest BCUT2D eigenvalue weighted by molar-refractivity contribution is 5.98. The van der Waals surface area contributed by atoms with Gasteiger partial charge in [-0.25, -0.2) is 0 Å². The second-order valence-corrected chi connectivity index (χ2v) is 10.1. The lowest BCUT2D eigenvalue weighted by Gasteiger charge is -2.42. The van der Waals surface area contributed by atoms with Gasteiger partial charge in [-0.05, 0) is 46.9 Å². The summed E-state index contributed by atoms with van der Waals surface area (Å²) in [5, 5.41) is 4.64. The highest BCUT2D eigenvalue weighted by Gasteiger charge is 2.55. The summed E-state index contributed by atoms with van der Waals surface area (Å²) in [4.78, 5) is 0. The van der Waals surface area contributed by atoms with E-state index in [0.29, 0.717) is 0 Å². The average Bonchev–Trinajstić information content (AvgIpc) is 3.18. The van der Waals surface area contributed by atoms with E-state index in [9.17, 15) is 0 Å². The first-order valence-electron chi connectivity index (χ1n) is 13.0. The Morgan fingerprint density at radius 2 is 1.32 bits per heavy atom. The van der Waals surface area contributed by atoms with Crippen molar-refractivity contribution >= 4 is 27.1 Å². The van der Waals surface area contributed by atoms with Crippen LogP contribution in [0.25, 0.3) is 27.1 Å². The summed E-state index contributed by atoms with van der Waals surface area (Å²) in [6.07, 6.45) is 8.70. The van der Waals surface area contributed by atoms with E-state index in [-0.39, 0.29) is 5.92 Å². The quantitative estimate of drug-likeness (QED) is 0.231. The molecule has 0 N–H and O–H groups in total. The molecular weight excluding hydrogens is 448 g/mol. The van der Waals surface area contributed by atoms with E-state index in [1.807, 2.05) is 0 Å². The van der Waals surface area contributed by atoms with Crippen LogP contribution >= 0.6 is 0 Å². The SMILES string of the molecule is C=C1c2c(C)cccc2C2(c3ccc4ccccc4c3Oc3c2ccc2ccccc32)C1C=C/C=C\C. The third kappa shape index (κ3) is 2.86. The normalized spacial score (nSPS) is 17.5. The molecule has 178 valence electrons. The van der Waals surface area contributed by atoms with Gasteiger partial charge in [-0.15, -0.1) is 0 Å². The Labute approximate surface area is 218 Å². The van der Waals surface area contributed by atoms with Crippen LogP contribution in [0.1, 0.15) is 34.7 Å². The highest BCUT2D eigenvalue weighted by atomic mass is 16.5. The monoisotopic (exact) mass is 476 g/mol. The van der Waals surface area contributed by atoms with Crippen LogP contribution < -0.4 is 4.74 Å². The van der Waals surface area contributed by atoms with Crippen molar-refractivity contribution in [1.29, 1.82) is 0 Å². The predicted octanol–water partition coefficient (Wildman–Crippen LogP) is 9.52. The largest absolute Gasteiger partial charge is 0.455 e. The van der Waals surface area contributed by atoms with Crippen molar-refractivity contribution in [3.63, 3.8) is 0 Å². The van der Waals surface area contributed by atoms with E-state index in [1.165, 1.54) is 38.6 Å². The Kier molecular flexibility index (Phi) is 4.78. The lowest BCUT2D eigenvalue weighted by molar-refractivity contribution is 0.413. The highest BCUT2D eigenvalue weighted by Crippen LogP contribution is 2.65. The molecular formula is C36H28O. The number of hydrogen-bond acceptors (Lipinski definition) is 1. The standard InChI is InChI=1S/C36H28O/c1-4-5-6-17-29-24(3)33-23(2)12-11-18-30(33)36(29)31-21-19-25-13-7-9-15-27(25)34(31)37-35-28-16-10-8-14-26(28)20-22-32(35)36/h4-22,29H,3H2,1-2H3/b5-4-,17-6?. The zero-order valence-corrected chi connectivity index (χ0v) is 21.2. The van der Waals surface area contributed by atoms with Crippen LogP contribution in [0.5, 0.6) is 11.5 Å². The van der Waals surface area contributed by atoms with E-state index < -0.39 is 5.41 Å². The molecule has 2 aliphatic rings. The molecule has 1 heteroatoms. The van der Waals surface area contributed by atoms with Crippen LogP contribution in [-0.4, -0.2) is 0 Å². The fraction of sp³-hybridized carbons (Fsp3) is 0.111. The molecule has 0 aromatic heterocycles. The summed E-state index contributed by atoms with van der Waals surface area (Å²) in [5.74, 6) is 1.95. The van der Waals surface area contributed by atoms with Crippen molar-refractivity contribution < 1.29 is 4.74 Å². The molecule has 37 heavy (non-hydrogen) atoms. The second-order valence-electron chi connectivity index (χ2n) is 10.1. The van der Waals surface area contributed by atoms with Crippen LogP contribution in [0.2, 0.25) is 0 Å². The molecule has 0 saturated carbocycles. The summed E-state index contributed by atoms with van der Waals surface area (Å²) in [6, 6.07) is 32.9. The van der Waals surface area contributed by atoms with Gasteiger partial charge in [0, 0.05) is 27.8 Å². The van der Waals surface area contributed by atoms with Gasteiger partial charge in [-0.1, -0.05) is 122 Å². The fourth-order valence-electron chi connectivity index (χ4n) is 6.75. The van der Waals surface area contributed by atoms with Gasteiger partial charge in [0.15, 0.2) is 0 Å². The summed E-state index contributed by atoms with van der Waals surface area (Å²) < 4.78 is 6.98. The summed E-state index contributed by atoms with van der Waals surface area (Å²) in [6.45, 7) is 8.98. The average molecular weight is 477 g/mol. The molecule has 0 radical (unpaired) electrons. The lowest BCUT2D eigenvalue weighted by atomic mass is 9.62. The molecule has 5 aromatic rings. The number of allylic oxidation sites excluding steroid dienone is 5. The molecule has 7 rings (SSSR count). The zero-order valence-electron chi connectivity index (χ0n) is 21.2. The molecule has 0 fully saturated rings. The smallest absolute Gasteiger partial charge is 0.139 e. The Balaban J connectivity index is 1.70. The Morgan fingerprint density at radius 3 is 1.95 bits per heavy atom. The van der Waals surface area contributed by atoms with Crippen LogP contribution in [-0.2, 0) is 5.41 Å². The molecule has 0 amide bonds. The van der Waals surface area contributed by atoms with Gasteiger partial charge in [0.25, 0.3) is 0 Å². The molecule has 1 unspecified atom stereocenters. The van der Waals surface area contributed by atoms with Crippen molar-refractivity contribution in [3.8, 4) is 11.5 Å². The number of aryl methyl sites for hydroxylation is 1. The van der Waals surface area contributed by atoms with E-state index in [1.54, 1.807) is 0 Å². The van der Waals surface area contributed by atoms with Crippen LogP contribution in [0.3, 0.4) is 0 Å². The zero-order chi connectivity index (χ0) is 25.1. The molecule has 1 heterocycles. The first-order chi connectivity index (χ1) is 18.2. The van der Waals surface area contributed by atoms with Gasteiger partial charge >= 0.3 is 0 Å². The maximum atomic E-state index is 6.98. The third-order valence-electron chi connectivity index (χ3n) is 8.28. The summed E-state index contributed by atoms with van der Waals surface area (Å²) >= 11 is 0. The third-order valence-corrected chi connectivity index (χ3v) is 8.28. The molecule has 0 saturated heterocycles. The fourth-order valence-corrected chi connectivity index (χ4v) is 6.75. The first-order valence-corrected chi connectivity index (χ1v) is 13.0. The van der Waals surface area contributed by atoms with Crippen molar-refractivity contribution in [2.24, 2.45) is 5.92 Å². The minimum absolute atomic E-state index is 0.0449. The van der Waals surface area contributed by atoms with E-state index in [2.05, 4.69) is 129 Å². The molecule has 1 aliphatic carbocycles. The van der Waals surface area contributed by atoms with Gasteiger partial charge in [0.05, 0.1) is 5.41 Å². The van der Waals surface area contributed by atoms with E-state index in [4.69, 9.17) is 11.3 Å². The number of fused-ring (bicyclic) bond motifs is 10. The van der Waals surface area contributed by atoms with Gasteiger partial charge in [-0.2, -0.15) is 0 Å². The number of ether oxygens (including phenoxy) is 1. The number of benzene rings is 5. The lowest BCUT2D eigenvalue weighted by Crippen LogP contribution is -2.36. The summed E-state index contributed by atoms with van der Waals surface area (Å²) in [7, 11) is 0. The Morgan fingerprint density at radius 1 is 0.703 bits per heavy atom. The molecule has 1 aliphatic heterocycles. The van der Waals surface area contributed by atoms with Gasteiger partial charge in [-0.3, -0.25) is 0 Å². The minimum Gasteiger partial charge on any atom is -0.455 e. The maximum Gasteiger partial charge on any atom is 0.139 e. The molecule has 1 spiro atoms. The van der Waals surface area contributed by atoms with Gasteiger partial charge in [0.2, 0.25) is 0 Å². The van der Waals surface area contributed by atoms with E-state index >= 15 is 0 Å². The van der Waals surface area contributed by atoms with Crippen molar-refractivity contribution in [2.75, 3.05) is 0 Å². The summed E-state index contributed by atoms with van der Waals surface area (Å²) in [5.41, 5.74) is 6.97. The van der Waals surface area contributed by atoms with Crippen molar-refractivity contribution in [1.82, 2.24) is 0 Å². The number of rotatable bonds is 2. The van der Waals surface area contributed by atoms with E-state index in [0.717, 1.165) is 27.8 Å². The topological polar surface area (TPSA) is 9.23 Å². The van der Waals surface area contributed by atoms with Gasteiger partial charge < -0.3 is 4.74 Å². The van der Waals surface area contributed by atoms with Gasteiger partial charge in [0.1, 0.15) is 11.5 Å². The van der Waals surface area contributed by atoms with Crippen molar-refractivity contribution in [2.45, 2.75) is 19.3 Å². The maximum absolute atomic E-state index is 6.98. The Bertz CT molecular complexity index is 1710. The van der Waals surface area contributed by atoms with Crippen molar-refractivity contribution in [3.05, 3.63) is 150 Å². The predicted molar refractivity (Wildman–Crippen MR) is 156 cm³/mol. The number of hydrogen-bond donors (Lipinski definition) is 0. The molecule has 1 nitrogen and oxygen atoms in total. The molecule has 5 aromatic carbocycles. The Hall–Kier alpha value is -4.36. The molecule has 0 bridgehead atoms. The van der Waals surface area contributed by atoms with Crippen LogP contribution in [0.15, 0.2) is 122 Å².